The predicted molar refractivity (Wildman–Crippen MR) is 90.8 cm³/mol. The zero-order valence-electron chi connectivity index (χ0n) is 11.8. The van der Waals surface area contributed by atoms with Gasteiger partial charge in [-0.2, -0.15) is 0 Å². The SMILES string of the molecule is C[C@H]1c2ccsc2CCN1CC(=O)Nc1ccccc1Br. The van der Waals surface area contributed by atoms with Gasteiger partial charge in [-0.1, -0.05) is 12.1 Å². The van der Waals surface area contributed by atoms with Crippen molar-refractivity contribution in [1.29, 1.82) is 0 Å². The molecule has 1 atom stereocenters. The van der Waals surface area contributed by atoms with Gasteiger partial charge in [-0.3, -0.25) is 9.69 Å². The number of anilines is 1. The van der Waals surface area contributed by atoms with Gasteiger partial charge in [0.25, 0.3) is 0 Å². The van der Waals surface area contributed by atoms with Gasteiger partial charge in [0, 0.05) is 21.9 Å². The summed E-state index contributed by atoms with van der Waals surface area (Å²) in [7, 11) is 0. The standard InChI is InChI=1S/C16H17BrN2OS/c1-11-12-7-9-21-15(12)6-8-19(11)10-16(20)18-14-5-3-2-4-13(14)17/h2-5,7,9,11H,6,8,10H2,1H3,(H,18,20)/t11-/m0/s1. The Hall–Kier alpha value is -1.17. The lowest BCUT2D eigenvalue weighted by molar-refractivity contribution is -0.117. The van der Waals surface area contributed by atoms with Crippen molar-refractivity contribution in [3.63, 3.8) is 0 Å². The van der Waals surface area contributed by atoms with Gasteiger partial charge in [0.15, 0.2) is 0 Å². The maximum atomic E-state index is 12.3. The summed E-state index contributed by atoms with van der Waals surface area (Å²) < 4.78 is 0.908. The number of rotatable bonds is 3. The largest absolute Gasteiger partial charge is 0.324 e. The van der Waals surface area contributed by atoms with Crippen molar-refractivity contribution in [2.45, 2.75) is 19.4 Å². The number of fused-ring (bicyclic) bond motifs is 1. The molecule has 0 spiro atoms. The molecule has 0 radical (unpaired) electrons. The number of nitrogens with one attached hydrogen (secondary N) is 1. The van der Waals surface area contributed by atoms with Crippen LogP contribution in [-0.4, -0.2) is 23.9 Å². The van der Waals surface area contributed by atoms with E-state index in [9.17, 15) is 4.79 Å². The Balaban J connectivity index is 1.65. The molecule has 3 rings (SSSR count). The number of nitrogens with zero attached hydrogens (tertiary/aromatic N) is 1. The second-order valence-electron chi connectivity index (χ2n) is 5.22. The first kappa shape index (κ1) is 14.8. The van der Waals surface area contributed by atoms with Crippen LogP contribution in [0.1, 0.15) is 23.4 Å². The van der Waals surface area contributed by atoms with Gasteiger partial charge in [0.2, 0.25) is 5.91 Å². The summed E-state index contributed by atoms with van der Waals surface area (Å²) >= 11 is 5.27. The van der Waals surface area contributed by atoms with E-state index in [0.717, 1.165) is 23.1 Å². The molecule has 1 aromatic heterocycles. The van der Waals surface area contributed by atoms with E-state index < -0.39 is 0 Å². The van der Waals surface area contributed by atoms with Crippen molar-refractivity contribution in [2.24, 2.45) is 0 Å². The first-order valence-corrected chi connectivity index (χ1v) is 8.67. The zero-order valence-corrected chi connectivity index (χ0v) is 14.2. The smallest absolute Gasteiger partial charge is 0.238 e. The van der Waals surface area contributed by atoms with Crippen molar-refractivity contribution in [3.8, 4) is 0 Å². The topological polar surface area (TPSA) is 32.3 Å². The molecule has 5 heteroatoms. The lowest BCUT2D eigenvalue weighted by atomic mass is 10.0. The second-order valence-corrected chi connectivity index (χ2v) is 7.08. The van der Waals surface area contributed by atoms with Crippen molar-refractivity contribution >= 4 is 38.9 Å². The molecular weight excluding hydrogens is 348 g/mol. The average molecular weight is 365 g/mol. The van der Waals surface area contributed by atoms with E-state index in [2.05, 4.69) is 44.5 Å². The van der Waals surface area contributed by atoms with Gasteiger partial charge in [0.05, 0.1) is 12.2 Å². The number of thiophene rings is 1. The number of hydrogen-bond acceptors (Lipinski definition) is 3. The molecule has 2 heterocycles. The molecule has 1 amide bonds. The highest BCUT2D eigenvalue weighted by atomic mass is 79.9. The summed E-state index contributed by atoms with van der Waals surface area (Å²) in [6.07, 6.45) is 1.04. The van der Waals surface area contributed by atoms with Gasteiger partial charge >= 0.3 is 0 Å². The summed E-state index contributed by atoms with van der Waals surface area (Å²) in [6, 6.07) is 10.2. The van der Waals surface area contributed by atoms with Gasteiger partial charge in [-0.25, -0.2) is 0 Å². The normalized spacial score (nSPS) is 18.3. The quantitative estimate of drug-likeness (QED) is 0.890. The highest BCUT2D eigenvalue weighted by Crippen LogP contribution is 2.32. The minimum absolute atomic E-state index is 0.0347. The highest BCUT2D eigenvalue weighted by Gasteiger charge is 2.26. The first-order chi connectivity index (χ1) is 10.1. The van der Waals surface area contributed by atoms with Crippen molar-refractivity contribution in [3.05, 3.63) is 50.6 Å². The molecule has 110 valence electrons. The summed E-state index contributed by atoms with van der Waals surface area (Å²) in [5.74, 6) is 0.0347. The van der Waals surface area contributed by atoms with Crippen molar-refractivity contribution < 1.29 is 4.79 Å². The predicted octanol–water partition coefficient (Wildman–Crippen LogP) is 4.07. The van der Waals surface area contributed by atoms with Crippen LogP contribution in [0.15, 0.2) is 40.2 Å². The molecule has 1 N–H and O–H groups in total. The molecule has 0 saturated carbocycles. The van der Waals surface area contributed by atoms with E-state index in [0.29, 0.717) is 12.6 Å². The Morgan fingerprint density at radius 3 is 3.05 bits per heavy atom. The Bertz CT molecular complexity index is 655. The molecule has 2 aromatic rings. The van der Waals surface area contributed by atoms with E-state index in [1.807, 2.05) is 35.6 Å². The monoisotopic (exact) mass is 364 g/mol. The van der Waals surface area contributed by atoms with Crippen molar-refractivity contribution in [1.82, 2.24) is 4.90 Å². The van der Waals surface area contributed by atoms with Crippen LogP contribution in [0.3, 0.4) is 0 Å². The highest BCUT2D eigenvalue weighted by molar-refractivity contribution is 9.10. The number of amides is 1. The third-order valence-electron chi connectivity index (χ3n) is 3.90. The lowest BCUT2D eigenvalue weighted by Crippen LogP contribution is -2.39. The fourth-order valence-corrected chi connectivity index (χ4v) is 4.06. The fourth-order valence-electron chi connectivity index (χ4n) is 2.71. The van der Waals surface area contributed by atoms with Gasteiger partial charge in [-0.15, -0.1) is 11.3 Å². The van der Waals surface area contributed by atoms with Crippen LogP contribution < -0.4 is 5.32 Å². The Morgan fingerprint density at radius 2 is 2.24 bits per heavy atom. The molecule has 1 aliphatic rings. The molecule has 0 aliphatic carbocycles. The number of carbonyl (C=O) groups excluding carboxylic acids is 1. The van der Waals surface area contributed by atoms with E-state index in [1.165, 1.54) is 10.4 Å². The molecule has 21 heavy (non-hydrogen) atoms. The van der Waals surface area contributed by atoms with E-state index in [4.69, 9.17) is 0 Å². The van der Waals surface area contributed by atoms with E-state index in [1.54, 1.807) is 0 Å². The van der Waals surface area contributed by atoms with E-state index >= 15 is 0 Å². The zero-order chi connectivity index (χ0) is 14.8. The number of hydrogen-bond donors (Lipinski definition) is 1. The molecule has 0 unspecified atom stereocenters. The third-order valence-corrected chi connectivity index (χ3v) is 5.59. The molecular formula is C16H17BrN2OS. The van der Waals surface area contributed by atoms with Crippen LogP contribution in [0, 0.1) is 0 Å². The molecule has 0 saturated heterocycles. The summed E-state index contributed by atoms with van der Waals surface area (Å²) in [5, 5.41) is 5.12. The van der Waals surface area contributed by atoms with E-state index in [-0.39, 0.29) is 5.91 Å². The van der Waals surface area contributed by atoms with Gasteiger partial charge in [0.1, 0.15) is 0 Å². The molecule has 0 bridgehead atoms. The number of para-hydroxylation sites is 1. The number of carbonyl (C=O) groups is 1. The maximum absolute atomic E-state index is 12.3. The minimum atomic E-state index is 0.0347. The van der Waals surface area contributed by atoms with Crippen LogP contribution in [0.5, 0.6) is 0 Å². The molecule has 0 fully saturated rings. The Morgan fingerprint density at radius 1 is 1.43 bits per heavy atom. The Kier molecular flexibility index (Phi) is 4.42. The number of halogens is 1. The average Bonchev–Trinajstić information content (AvgIpc) is 2.94. The maximum Gasteiger partial charge on any atom is 0.238 e. The second kappa shape index (κ2) is 6.30. The van der Waals surface area contributed by atoms with Gasteiger partial charge < -0.3 is 5.32 Å². The fraction of sp³-hybridized carbons (Fsp3) is 0.312. The van der Waals surface area contributed by atoms with Crippen LogP contribution in [0.2, 0.25) is 0 Å². The summed E-state index contributed by atoms with van der Waals surface area (Å²) in [6.45, 7) is 3.55. The Labute approximate surface area is 137 Å². The molecule has 1 aliphatic heterocycles. The summed E-state index contributed by atoms with van der Waals surface area (Å²) in [5.41, 5.74) is 2.20. The summed E-state index contributed by atoms with van der Waals surface area (Å²) in [4.78, 5) is 16.0. The molecule has 3 nitrogen and oxygen atoms in total. The van der Waals surface area contributed by atoms with Gasteiger partial charge in [-0.05, 0) is 58.4 Å². The van der Waals surface area contributed by atoms with Crippen LogP contribution in [0.4, 0.5) is 5.69 Å². The lowest BCUT2D eigenvalue weighted by Gasteiger charge is -2.32. The third kappa shape index (κ3) is 3.20. The van der Waals surface area contributed by atoms with Crippen LogP contribution in [-0.2, 0) is 11.2 Å². The minimum Gasteiger partial charge on any atom is -0.324 e. The van der Waals surface area contributed by atoms with Crippen LogP contribution >= 0.6 is 27.3 Å². The number of benzene rings is 1. The first-order valence-electron chi connectivity index (χ1n) is 7.00. The van der Waals surface area contributed by atoms with Crippen LogP contribution in [0.25, 0.3) is 0 Å². The van der Waals surface area contributed by atoms with Crippen molar-refractivity contribution in [2.75, 3.05) is 18.4 Å². The molecule has 1 aromatic carbocycles.